The Labute approximate surface area is 116 Å². The van der Waals surface area contributed by atoms with Crippen molar-refractivity contribution in [2.45, 2.75) is 17.6 Å². The predicted molar refractivity (Wildman–Crippen MR) is 78.1 cm³/mol. The van der Waals surface area contributed by atoms with Crippen molar-refractivity contribution in [3.63, 3.8) is 0 Å². The van der Waals surface area contributed by atoms with Gasteiger partial charge in [0.2, 0.25) is 0 Å². The molecule has 0 radical (unpaired) electrons. The Morgan fingerprint density at radius 1 is 1.21 bits per heavy atom. The van der Waals surface area contributed by atoms with Crippen molar-refractivity contribution in [2.75, 3.05) is 12.8 Å². The fourth-order valence-corrected chi connectivity index (χ4v) is 2.75. The number of anilines is 1. The molecule has 19 heavy (non-hydrogen) atoms. The third-order valence-electron chi connectivity index (χ3n) is 2.81. The lowest BCUT2D eigenvalue weighted by atomic mass is 10.2. The molecule has 0 heterocycles. The quantitative estimate of drug-likeness (QED) is 0.677. The maximum atomic E-state index is 13.6. The summed E-state index contributed by atoms with van der Waals surface area (Å²) in [5, 5.41) is 0. The molecule has 0 aromatic heterocycles. The third kappa shape index (κ3) is 3.41. The van der Waals surface area contributed by atoms with E-state index in [2.05, 4.69) is 0 Å². The molecule has 2 nitrogen and oxygen atoms in total. The maximum Gasteiger partial charge on any atom is 0.165 e. The molecular formula is C15H16FNOS. The Bertz CT molecular complexity index is 586. The number of nitrogen functional groups attached to an aromatic ring is 1. The van der Waals surface area contributed by atoms with Crippen LogP contribution in [0.5, 0.6) is 5.75 Å². The van der Waals surface area contributed by atoms with Gasteiger partial charge >= 0.3 is 0 Å². The van der Waals surface area contributed by atoms with E-state index in [0.29, 0.717) is 5.75 Å². The lowest BCUT2D eigenvalue weighted by Crippen LogP contribution is -1.91. The monoisotopic (exact) mass is 277 g/mol. The zero-order valence-electron chi connectivity index (χ0n) is 10.9. The van der Waals surface area contributed by atoms with E-state index in [0.717, 1.165) is 21.7 Å². The van der Waals surface area contributed by atoms with E-state index in [-0.39, 0.29) is 11.6 Å². The van der Waals surface area contributed by atoms with Crippen LogP contribution in [0.1, 0.15) is 11.1 Å². The first-order valence-electron chi connectivity index (χ1n) is 5.91. The predicted octanol–water partition coefficient (Wildman–Crippen LogP) is 4.02. The molecule has 0 saturated carbocycles. The lowest BCUT2D eigenvalue weighted by molar-refractivity contribution is 0.386. The fraction of sp³-hybridized carbons (Fsp3) is 0.200. The van der Waals surface area contributed by atoms with Crippen molar-refractivity contribution >= 4 is 17.4 Å². The van der Waals surface area contributed by atoms with Crippen LogP contribution in [0, 0.1) is 12.7 Å². The number of rotatable bonds is 4. The molecule has 0 bridgehead atoms. The van der Waals surface area contributed by atoms with Crippen LogP contribution < -0.4 is 10.5 Å². The van der Waals surface area contributed by atoms with Gasteiger partial charge in [-0.3, -0.25) is 0 Å². The molecule has 2 aromatic rings. The molecule has 4 heteroatoms. The van der Waals surface area contributed by atoms with E-state index in [1.54, 1.807) is 17.8 Å². The summed E-state index contributed by atoms with van der Waals surface area (Å²) in [6.07, 6.45) is 0. The molecule has 0 atom stereocenters. The number of methoxy groups -OCH3 is 1. The average Bonchev–Trinajstić information content (AvgIpc) is 2.38. The van der Waals surface area contributed by atoms with Gasteiger partial charge in [-0.2, -0.15) is 0 Å². The fourth-order valence-electron chi connectivity index (χ4n) is 1.80. The second-order valence-electron chi connectivity index (χ2n) is 4.28. The van der Waals surface area contributed by atoms with Crippen molar-refractivity contribution in [3.05, 3.63) is 53.3 Å². The van der Waals surface area contributed by atoms with Gasteiger partial charge in [0, 0.05) is 16.3 Å². The minimum absolute atomic E-state index is 0.275. The molecule has 0 saturated heterocycles. The smallest absolute Gasteiger partial charge is 0.165 e. The van der Waals surface area contributed by atoms with Crippen LogP contribution >= 0.6 is 11.8 Å². The van der Waals surface area contributed by atoms with Gasteiger partial charge < -0.3 is 10.5 Å². The van der Waals surface area contributed by atoms with Crippen LogP contribution in [0.25, 0.3) is 0 Å². The van der Waals surface area contributed by atoms with Gasteiger partial charge in [0.1, 0.15) is 0 Å². The molecule has 0 aliphatic heterocycles. The van der Waals surface area contributed by atoms with E-state index in [1.807, 2.05) is 31.2 Å². The van der Waals surface area contributed by atoms with Gasteiger partial charge in [-0.05, 0) is 48.4 Å². The third-order valence-corrected chi connectivity index (χ3v) is 4.06. The van der Waals surface area contributed by atoms with Crippen LogP contribution in [-0.4, -0.2) is 7.11 Å². The first kappa shape index (κ1) is 13.7. The SMILES string of the molecule is COc1ccc(CSc2ccc(N)cc2C)cc1F. The molecule has 0 aliphatic rings. The average molecular weight is 277 g/mol. The molecule has 100 valence electrons. The molecule has 0 spiro atoms. The summed E-state index contributed by atoms with van der Waals surface area (Å²) >= 11 is 1.67. The van der Waals surface area contributed by atoms with Gasteiger partial charge in [0.05, 0.1) is 7.11 Å². The first-order chi connectivity index (χ1) is 9.10. The highest BCUT2D eigenvalue weighted by atomic mass is 32.2. The standard InChI is InChI=1S/C15H16FNOS/c1-10-7-12(17)4-6-15(10)19-9-11-3-5-14(18-2)13(16)8-11/h3-8H,9,17H2,1-2H3. The number of hydrogen-bond donors (Lipinski definition) is 1. The van der Waals surface area contributed by atoms with Crippen molar-refractivity contribution in [3.8, 4) is 5.75 Å². The van der Waals surface area contributed by atoms with Crippen LogP contribution in [0.3, 0.4) is 0 Å². The largest absolute Gasteiger partial charge is 0.494 e. The second kappa shape index (κ2) is 5.97. The van der Waals surface area contributed by atoms with Gasteiger partial charge in [0.15, 0.2) is 11.6 Å². The molecular weight excluding hydrogens is 261 g/mol. The van der Waals surface area contributed by atoms with Crippen LogP contribution in [-0.2, 0) is 5.75 Å². The van der Waals surface area contributed by atoms with Crippen LogP contribution in [0.15, 0.2) is 41.3 Å². The van der Waals surface area contributed by atoms with Crippen molar-refractivity contribution in [1.29, 1.82) is 0 Å². The van der Waals surface area contributed by atoms with Crippen molar-refractivity contribution < 1.29 is 9.13 Å². The highest BCUT2D eigenvalue weighted by Crippen LogP contribution is 2.28. The lowest BCUT2D eigenvalue weighted by Gasteiger charge is -2.08. The maximum absolute atomic E-state index is 13.6. The molecule has 2 rings (SSSR count). The Balaban J connectivity index is 2.08. The number of aryl methyl sites for hydroxylation is 1. The van der Waals surface area contributed by atoms with E-state index in [9.17, 15) is 4.39 Å². The summed E-state index contributed by atoms with van der Waals surface area (Å²) in [5.74, 6) is 0.665. The first-order valence-corrected chi connectivity index (χ1v) is 6.90. The normalized spacial score (nSPS) is 10.5. The summed E-state index contributed by atoms with van der Waals surface area (Å²) in [6, 6.07) is 10.9. The highest BCUT2D eigenvalue weighted by molar-refractivity contribution is 7.98. The number of halogens is 1. The summed E-state index contributed by atoms with van der Waals surface area (Å²) in [7, 11) is 1.46. The Kier molecular flexibility index (Phi) is 4.32. The molecule has 0 amide bonds. The number of nitrogens with two attached hydrogens (primary N) is 1. The Morgan fingerprint density at radius 3 is 2.63 bits per heavy atom. The van der Waals surface area contributed by atoms with E-state index in [1.165, 1.54) is 13.2 Å². The molecule has 0 aliphatic carbocycles. The number of benzene rings is 2. The van der Waals surface area contributed by atoms with E-state index >= 15 is 0 Å². The van der Waals surface area contributed by atoms with Gasteiger partial charge in [-0.25, -0.2) is 4.39 Å². The Hall–Kier alpha value is -1.68. The van der Waals surface area contributed by atoms with Gasteiger partial charge in [0.25, 0.3) is 0 Å². The zero-order chi connectivity index (χ0) is 13.8. The van der Waals surface area contributed by atoms with E-state index in [4.69, 9.17) is 10.5 Å². The number of thioether (sulfide) groups is 1. The van der Waals surface area contributed by atoms with Crippen molar-refractivity contribution in [2.24, 2.45) is 0 Å². The molecule has 0 unspecified atom stereocenters. The van der Waals surface area contributed by atoms with Crippen LogP contribution in [0.4, 0.5) is 10.1 Å². The summed E-state index contributed by atoms with van der Waals surface area (Å²) in [5.41, 5.74) is 8.54. The van der Waals surface area contributed by atoms with Crippen molar-refractivity contribution in [1.82, 2.24) is 0 Å². The Morgan fingerprint density at radius 2 is 2.00 bits per heavy atom. The van der Waals surface area contributed by atoms with Crippen LogP contribution in [0.2, 0.25) is 0 Å². The second-order valence-corrected chi connectivity index (χ2v) is 5.30. The van der Waals surface area contributed by atoms with Gasteiger partial charge in [-0.15, -0.1) is 11.8 Å². The van der Waals surface area contributed by atoms with E-state index < -0.39 is 0 Å². The zero-order valence-corrected chi connectivity index (χ0v) is 11.8. The summed E-state index contributed by atoms with van der Waals surface area (Å²) in [6.45, 7) is 2.02. The number of ether oxygens (including phenoxy) is 1. The molecule has 2 N–H and O–H groups in total. The minimum Gasteiger partial charge on any atom is -0.494 e. The highest BCUT2D eigenvalue weighted by Gasteiger charge is 2.05. The molecule has 2 aromatic carbocycles. The molecule has 0 fully saturated rings. The number of hydrogen-bond acceptors (Lipinski definition) is 3. The topological polar surface area (TPSA) is 35.2 Å². The summed E-state index contributed by atoms with van der Waals surface area (Å²) in [4.78, 5) is 1.16. The summed E-state index contributed by atoms with van der Waals surface area (Å²) < 4.78 is 18.5. The minimum atomic E-state index is -0.324. The van der Waals surface area contributed by atoms with Gasteiger partial charge in [-0.1, -0.05) is 6.07 Å².